The van der Waals surface area contributed by atoms with Gasteiger partial charge in [-0.15, -0.1) is 11.3 Å². The number of benzene rings is 1. The topological polar surface area (TPSA) is 78.0 Å². The van der Waals surface area contributed by atoms with Gasteiger partial charge in [-0.3, -0.25) is 14.2 Å². The number of hydrogen-bond donors (Lipinski definition) is 1. The molecule has 0 atom stereocenters. The third kappa shape index (κ3) is 2.51. The summed E-state index contributed by atoms with van der Waals surface area (Å²) in [4.78, 5) is 29.2. The van der Waals surface area contributed by atoms with Crippen molar-refractivity contribution in [1.29, 1.82) is 0 Å². The van der Waals surface area contributed by atoms with Crippen molar-refractivity contribution in [3.05, 3.63) is 62.0 Å². The Morgan fingerprint density at radius 1 is 1.36 bits per heavy atom. The highest BCUT2D eigenvalue weighted by atomic mass is 35.5. The van der Waals surface area contributed by atoms with Crippen LogP contribution in [0.1, 0.15) is 20.8 Å². The summed E-state index contributed by atoms with van der Waals surface area (Å²) in [7, 11) is 0. The van der Waals surface area contributed by atoms with E-state index in [0.717, 1.165) is 16.9 Å². The fraction of sp³-hybridized carbons (Fsp3) is 0.133. The lowest BCUT2D eigenvalue weighted by Gasteiger charge is -2.05. The SMILES string of the molecule is Cc1c(C(N)=O)sc2ncn(Cc3ccc(Cl)cc3)c(=O)c12. The Labute approximate surface area is 135 Å². The number of hydrogen-bond acceptors (Lipinski definition) is 4. The van der Waals surface area contributed by atoms with Gasteiger partial charge in [-0.2, -0.15) is 0 Å². The molecule has 7 heteroatoms. The molecule has 0 saturated heterocycles. The fourth-order valence-corrected chi connectivity index (χ4v) is 3.41. The van der Waals surface area contributed by atoms with Gasteiger partial charge >= 0.3 is 0 Å². The Balaban J connectivity index is 2.10. The molecule has 0 spiro atoms. The fourth-order valence-electron chi connectivity index (χ4n) is 2.29. The Morgan fingerprint density at radius 2 is 2.05 bits per heavy atom. The van der Waals surface area contributed by atoms with E-state index in [-0.39, 0.29) is 5.56 Å². The Hall–Kier alpha value is -2.18. The van der Waals surface area contributed by atoms with Crippen molar-refractivity contribution in [2.45, 2.75) is 13.5 Å². The van der Waals surface area contributed by atoms with Gasteiger partial charge in [0.05, 0.1) is 23.1 Å². The second-order valence-electron chi connectivity index (χ2n) is 4.90. The van der Waals surface area contributed by atoms with Crippen molar-refractivity contribution in [1.82, 2.24) is 9.55 Å². The monoisotopic (exact) mass is 333 g/mol. The van der Waals surface area contributed by atoms with Crippen LogP contribution in [0.2, 0.25) is 5.02 Å². The highest BCUT2D eigenvalue weighted by Gasteiger charge is 2.17. The molecule has 3 rings (SSSR count). The van der Waals surface area contributed by atoms with E-state index in [9.17, 15) is 9.59 Å². The molecule has 0 aliphatic heterocycles. The number of rotatable bonds is 3. The van der Waals surface area contributed by atoms with Crippen LogP contribution in [0.3, 0.4) is 0 Å². The first kappa shape index (κ1) is 14.7. The minimum Gasteiger partial charge on any atom is -0.365 e. The number of carbonyl (C=O) groups is 1. The Kier molecular flexibility index (Phi) is 3.72. The number of amides is 1. The normalized spacial score (nSPS) is 11.0. The van der Waals surface area contributed by atoms with Gasteiger partial charge in [0.2, 0.25) is 0 Å². The number of fused-ring (bicyclic) bond motifs is 1. The van der Waals surface area contributed by atoms with E-state index < -0.39 is 5.91 Å². The molecular weight excluding hydrogens is 322 g/mol. The third-order valence-corrected chi connectivity index (χ3v) is 4.87. The first-order chi connectivity index (χ1) is 10.5. The van der Waals surface area contributed by atoms with Crippen LogP contribution in [-0.4, -0.2) is 15.5 Å². The number of aryl methyl sites for hydroxylation is 1. The molecule has 0 radical (unpaired) electrons. The summed E-state index contributed by atoms with van der Waals surface area (Å²) in [5, 5.41) is 1.10. The van der Waals surface area contributed by atoms with Crippen molar-refractivity contribution >= 4 is 39.1 Å². The average molecular weight is 334 g/mol. The maximum atomic E-state index is 12.6. The number of halogens is 1. The van der Waals surface area contributed by atoms with Crippen molar-refractivity contribution in [2.24, 2.45) is 5.73 Å². The van der Waals surface area contributed by atoms with Crippen LogP contribution < -0.4 is 11.3 Å². The van der Waals surface area contributed by atoms with Gasteiger partial charge in [0, 0.05) is 5.02 Å². The molecule has 2 heterocycles. The van der Waals surface area contributed by atoms with E-state index in [1.54, 1.807) is 19.1 Å². The largest absolute Gasteiger partial charge is 0.365 e. The van der Waals surface area contributed by atoms with Crippen molar-refractivity contribution in [3.8, 4) is 0 Å². The first-order valence-corrected chi connectivity index (χ1v) is 7.69. The lowest BCUT2D eigenvalue weighted by atomic mass is 10.2. The van der Waals surface area contributed by atoms with E-state index in [1.165, 1.54) is 10.9 Å². The Bertz CT molecular complexity index is 928. The van der Waals surface area contributed by atoms with Gasteiger partial charge in [-0.25, -0.2) is 4.98 Å². The average Bonchev–Trinajstić information content (AvgIpc) is 2.82. The van der Waals surface area contributed by atoms with E-state index in [2.05, 4.69) is 4.98 Å². The van der Waals surface area contributed by atoms with Gasteiger partial charge in [-0.05, 0) is 30.2 Å². The highest BCUT2D eigenvalue weighted by Crippen LogP contribution is 2.26. The number of primary amides is 1. The van der Waals surface area contributed by atoms with Crippen molar-refractivity contribution < 1.29 is 4.79 Å². The maximum absolute atomic E-state index is 12.6. The molecular formula is C15H12ClN3O2S. The van der Waals surface area contributed by atoms with Gasteiger partial charge < -0.3 is 5.73 Å². The van der Waals surface area contributed by atoms with Crippen LogP contribution in [-0.2, 0) is 6.54 Å². The zero-order chi connectivity index (χ0) is 15.9. The number of nitrogens with two attached hydrogens (primary N) is 1. The van der Waals surface area contributed by atoms with Gasteiger partial charge in [0.15, 0.2) is 0 Å². The molecule has 3 aromatic rings. The molecule has 22 heavy (non-hydrogen) atoms. The van der Waals surface area contributed by atoms with Crippen LogP contribution >= 0.6 is 22.9 Å². The van der Waals surface area contributed by atoms with E-state index in [4.69, 9.17) is 17.3 Å². The predicted octanol–water partition coefficient (Wildman–Crippen LogP) is 2.57. The van der Waals surface area contributed by atoms with Crippen molar-refractivity contribution in [3.63, 3.8) is 0 Å². The summed E-state index contributed by atoms with van der Waals surface area (Å²) >= 11 is 7.00. The highest BCUT2D eigenvalue weighted by molar-refractivity contribution is 7.20. The number of aromatic nitrogens is 2. The van der Waals surface area contributed by atoms with E-state index in [0.29, 0.717) is 32.2 Å². The molecule has 1 aromatic carbocycles. The third-order valence-electron chi connectivity index (χ3n) is 3.41. The molecule has 112 valence electrons. The molecule has 0 unspecified atom stereocenters. The second-order valence-corrected chi connectivity index (χ2v) is 6.34. The molecule has 0 aliphatic rings. The lowest BCUT2D eigenvalue weighted by Crippen LogP contribution is -2.21. The van der Waals surface area contributed by atoms with Crippen LogP contribution in [0.5, 0.6) is 0 Å². The molecule has 0 bridgehead atoms. The van der Waals surface area contributed by atoms with Crippen LogP contribution in [0.25, 0.3) is 10.2 Å². The molecule has 2 aromatic heterocycles. The van der Waals surface area contributed by atoms with E-state index >= 15 is 0 Å². The van der Waals surface area contributed by atoms with Crippen molar-refractivity contribution in [2.75, 3.05) is 0 Å². The van der Waals surface area contributed by atoms with Crippen LogP contribution in [0, 0.1) is 6.92 Å². The summed E-state index contributed by atoms with van der Waals surface area (Å²) in [6, 6.07) is 7.26. The summed E-state index contributed by atoms with van der Waals surface area (Å²) in [5.74, 6) is -0.538. The number of nitrogens with zero attached hydrogens (tertiary/aromatic N) is 2. The first-order valence-electron chi connectivity index (χ1n) is 6.50. The smallest absolute Gasteiger partial charge is 0.262 e. The summed E-state index contributed by atoms with van der Waals surface area (Å²) in [6.07, 6.45) is 1.49. The Morgan fingerprint density at radius 3 is 2.68 bits per heavy atom. The summed E-state index contributed by atoms with van der Waals surface area (Å²) in [5.41, 5.74) is 6.68. The number of carbonyl (C=O) groups excluding carboxylic acids is 1. The van der Waals surface area contributed by atoms with Crippen LogP contribution in [0.4, 0.5) is 0 Å². The molecule has 1 amide bonds. The quantitative estimate of drug-likeness (QED) is 0.800. The molecule has 0 saturated carbocycles. The standard InChI is InChI=1S/C15H12ClN3O2S/c1-8-11-14(22-12(8)13(17)20)18-7-19(15(11)21)6-9-2-4-10(16)5-3-9/h2-5,7H,6H2,1H3,(H2,17,20). The lowest BCUT2D eigenvalue weighted by molar-refractivity contribution is 0.100. The maximum Gasteiger partial charge on any atom is 0.262 e. The predicted molar refractivity (Wildman–Crippen MR) is 87.7 cm³/mol. The zero-order valence-electron chi connectivity index (χ0n) is 11.7. The summed E-state index contributed by atoms with van der Waals surface area (Å²) < 4.78 is 1.51. The molecule has 5 nitrogen and oxygen atoms in total. The second kappa shape index (κ2) is 5.55. The molecule has 0 fully saturated rings. The van der Waals surface area contributed by atoms with Crippen LogP contribution in [0.15, 0.2) is 35.4 Å². The number of thiophene rings is 1. The van der Waals surface area contributed by atoms with Gasteiger partial charge in [-0.1, -0.05) is 23.7 Å². The summed E-state index contributed by atoms with van der Waals surface area (Å²) in [6.45, 7) is 2.11. The minimum absolute atomic E-state index is 0.179. The zero-order valence-corrected chi connectivity index (χ0v) is 13.2. The minimum atomic E-state index is -0.538. The van der Waals surface area contributed by atoms with Gasteiger partial charge in [0.25, 0.3) is 11.5 Å². The van der Waals surface area contributed by atoms with E-state index in [1.807, 2.05) is 12.1 Å². The molecule has 2 N–H and O–H groups in total. The van der Waals surface area contributed by atoms with Gasteiger partial charge in [0.1, 0.15) is 4.83 Å². The molecule has 0 aliphatic carbocycles.